The van der Waals surface area contributed by atoms with Gasteiger partial charge in [0.15, 0.2) is 0 Å². The molecular formula is C32H34N5Na2O8P. The number of phosphoric acid groups is 1. The molecule has 0 unspecified atom stereocenters. The number of hydrogen-bond donors (Lipinski definition) is 1. The van der Waals surface area contributed by atoms with E-state index in [1.54, 1.807) is 35.2 Å². The first-order chi connectivity index (χ1) is 22.1. The van der Waals surface area contributed by atoms with Gasteiger partial charge in [-0.2, -0.15) is 0 Å². The van der Waals surface area contributed by atoms with Gasteiger partial charge < -0.3 is 38.7 Å². The predicted octanol–water partition coefficient (Wildman–Crippen LogP) is -4.35. The Hall–Kier alpha value is -2.68. The molecule has 2 saturated heterocycles. The van der Waals surface area contributed by atoms with E-state index in [1.165, 1.54) is 34.2 Å². The number of benzene rings is 3. The molecule has 2 atom stereocenters. The summed E-state index contributed by atoms with van der Waals surface area (Å²) in [4.78, 5) is 66.9. The summed E-state index contributed by atoms with van der Waals surface area (Å²) in [6.07, 6.45) is 0.827. The number of methoxy groups -OCH3 is 1. The Morgan fingerprint density at radius 2 is 1.58 bits per heavy atom. The fourth-order valence-electron chi connectivity index (χ4n) is 5.69. The van der Waals surface area contributed by atoms with Gasteiger partial charge in [-0.25, -0.2) is 14.8 Å². The van der Waals surface area contributed by atoms with Crippen LogP contribution >= 0.6 is 7.82 Å². The Balaban J connectivity index is 0.00000312. The Morgan fingerprint density at radius 1 is 0.958 bits per heavy atom. The number of fused-ring (bicyclic) bond motifs is 1. The number of ether oxygens (including phenoxy) is 1. The Bertz CT molecular complexity index is 1610. The fourth-order valence-corrected chi connectivity index (χ4v) is 6.07. The molecule has 3 aromatic rings. The number of rotatable bonds is 11. The van der Waals surface area contributed by atoms with Gasteiger partial charge >= 0.3 is 65.1 Å². The van der Waals surface area contributed by atoms with Gasteiger partial charge in [-0.1, -0.05) is 60.7 Å². The molecule has 5 rings (SSSR count). The van der Waals surface area contributed by atoms with Crippen LogP contribution in [-0.4, -0.2) is 76.6 Å². The molecule has 1 N–H and O–H groups in total. The third-order valence-corrected chi connectivity index (χ3v) is 8.20. The van der Waals surface area contributed by atoms with Crippen LogP contribution in [0.5, 0.6) is 11.5 Å². The van der Waals surface area contributed by atoms with E-state index in [-0.39, 0.29) is 116 Å². The van der Waals surface area contributed by atoms with E-state index in [0.717, 1.165) is 11.1 Å². The molecule has 2 aliphatic heterocycles. The van der Waals surface area contributed by atoms with Crippen molar-refractivity contribution in [1.82, 2.24) is 25.1 Å². The molecule has 2 aliphatic rings. The Morgan fingerprint density at radius 3 is 2.19 bits per heavy atom. The van der Waals surface area contributed by atoms with Gasteiger partial charge in [-0.3, -0.25) is 9.59 Å². The zero-order chi connectivity index (χ0) is 32.8. The maximum atomic E-state index is 14.1. The molecule has 0 bridgehead atoms. The third kappa shape index (κ3) is 9.95. The second-order valence-electron chi connectivity index (χ2n) is 10.9. The standard InChI is InChI=1S/C32H36N5O8P.2Na/c1-3-17-35-22-30(38)36-28(18-23-9-15-27(16-10-23)45-46(41,42)43)31(39)34(20-25-11-13-26(44-2)14-12-25)21-29(36)37(35)32(40)33-19-24-7-5-4-6-8-24;;/h3-16,28-29H,1,17-22H2,2H3,(H,33,40)(H2,41,42,43);;/q;2*+1/p-2/t28-,29-;;/m0../s1. The smallest absolute Gasteiger partial charge is 0.780 e. The minimum Gasteiger partial charge on any atom is -0.780 e. The summed E-state index contributed by atoms with van der Waals surface area (Å²) in [5, 5.41) is 6.06. The molecule has 0 saturated carbocycles. The van der Waals surface area contributed by atoms with Gasteiger partial charge in [0.05, 0.1) is 20.2 Å². The summed E-state index contributed by atoms with van der Waals surface area (Å²) in [6, 6.07) is 20.9. The van der Waals surface area contributed by atoms with Crippen LogP contribution in [0.25, 0.3) is 0 Å². The molecule has 0 aromatic heterocycles. The molecule has 2 fully saturated rings. The molecule has 2 heterocycles. The molecule has 13 nitrogen and oxygen atoms in total. The molecule has 242 valence electrons. The number of hydrogen-bond acceptors (Lipinski definition) is 9. The molecule has 0 aliphatic carbocycles. The molecule has 48 heavy (non-hydrogen) atoms. The van der Waals surface area contributed by atoms with E-state index in [1.807, 2.05) is 42.5 Å². The number of nitrogens with one attached hydrogen (secondary N) is 1. The van der Waals surface area contributed by atoms with Crippen LogP contribution in [0.2, 0.25) is 0 Å². The van der Waals surface area contributed by atoms with E-state index in [0.29, 0.717) is 11.3 Å². The van der Waals surface area contributed by atoms with Crippen LogP contribution in [0.15, 0.2) is 91.5 Å². The fraction of sp³-hybridized carbons (Fsp3) is 0.281. The zero-order valence-corrected chi connectivity index (χ0v) is 32.1. The normalized spacial score (nSPS) is 17.9. The minimum absolute atomic E-state index is 0. The van der Waals surface area contributed by atoms with Crippen molar-refractivity contribution in [2.75, 3.05) is 26.7 Å². The van der Waals surface area contributed by atoms with Crippen LogP contribution in [0.1, 0.15) is 16.7 Å². The largest absolute Gasteiger partial charge is 1.00 e. The van der Waals surface area contributed by atoms with Crippen molar-refractivity contribution in [1.29, 1.82) is 0 Å². The predicted molar refractivity (Wildman–Crippen MR) is 164 cm³/mol. The topological polar surface area (TPSA) is 158 Å². The molecule has 16 heteroatoms. The molecule has 3 aromatic carbocycles. The number of phosphoric ester groups is 1. The van der Waals surface area contributed by atoms with E-state index in [2.05, 4.69) is 16.4 Å². The second kappa shape index (κ2) is 17.8. The summed E-state index contributed by atoms with van der Waals surface area (Å²) in [5.74, 6) is -0.151. The van der Waals surface area contributed by atoms with E-state index >= 15 is 0 Å². The maximum Gasteiger partial charge on any atom is 1.00 e. The molecular weight excluding hydrogens is 659 g/mol. The first-order valence-electron chi connectivity index (χ1n) is 14.6. The Kier molecular flexibility index (Phi) is 14.8. The van der Waals surface area contributed by atoms with Gasteiger partial charge in [-0.15, -0.1) is 6.58 Å². The maximum absolute atomic E-state index is 14.1. The SMILES string of the molecule is C=CCN1CC(=O)N2[C@@H](Cc3ccc(OP(=O)([O-])[O-])cc3)C(=O)N(Cc3ccc(OC)cc3)C[C@@H]2N1C(=O)NCc1ccccc1.[Na+].[Na+]. The van der Waals surface area contributed by atoms with E-state index in [9.17, 15) is 28.7 Å². The number of carbonyl (C=O) groups excluding carboxylic acids is 3. The number of piperazine rings is 1. The van der Waals surface area contributed by atoms with Crippen LogP contribution in [-0.2, 0) is 33.7 Å². The van der Waals surface area contributed by atoms with Crippen LogP contribution in [0.4, 0.5) is 4.79 Å². The third-order valence-electron chi connectivity index (χ3n) is 7.77. The monoisotopic (exact) mass is 693 g/mol. The minimum atomic E-state index is -5.25. The number of hydrazine groups is 1. The average molecular weight is 694 g/mol. The molecule has 0 spiro atoms. The van der Waals surface area contributed by atoms with E-state index in [4.69, 9.17) is 4.74 Å². The summed E-state index contributed by atoms with van der Waals surface area (Å²) in [5.41, 5.74) is 2.31. The summed E-state index contributed by atoms with van der Waals surface area (Å²) < 4.78 is 20.7. The second-order valence-corrected chi connectivity index (χ2v) is 12.0. The van der Waals surface area contributed by atoms with Crippen LogP contribution in [0, 0.1) is 0 Å². The van der Waals surface area contributed by atoms with Crippen molar-refractivity contribution in [2.45, 2.75) is 31.7 Å². The van der Waals surface area contributed by atoms with Gasteiger partial charge in [0.2, 0.25) is 11.8 Å². The summed E-state index contributed by atoms with van der Waals surface area (Å²) in [6.45, 7) is 4.39. The van der Waals surface area contributed by atoms with Crippen molar-refractivity contribution in [2.24, 2.45) is 0 Å². The first kappa shape index (κ1) is 39.8. The number of carbonyl (C=O) groups is 3. The van der Waals surface area contributed by atoms with Gasteiger partial charge in [0.1, 0.15) is 31.5 Å². The number of nitrogens with zero attached hydrogens (tertiary/aromatic N) is 4. The van der Waals surface area contributed by atoms with Crippen molar-refractivity contribution in [3.05, 3.63) is 108 Å². The summed E-state index contributed by atoms with van der Waals surface area (Å²) in [7, 11) is -3.69. The molecule has 4 amide bonds. The Labute approximate surface area is 323 Å². The van der Waals surface area contributed by atoms with Crippen molar-refractivity contribution in [3.8, 4) is 11.5 Å². The number of urea groups is 1. The van der Waals surface area contributed by atoms with Crippen molar-refractivity contribution >= 4 is 25.7 Å². The van der Waals surface area contributed by atoms with E-state index < -0.39 is 26.1 Å². The zero-order valence-electron chi connectivity index (χ0n) is 27.2. The average Bonchev–Trinajstić information content (AvgIpc) is 3.03. The van der Waals surface area contributed by atoms with Crippen molar-refractivity contribution in [3.63, 3.8) is 0 Å². The van der Waals surface area contributed by atoms with Gasteiger partial charge in [0.25, 0.3) is 0 Å². The quantitative estimate of drug-likeness (QED) is 0.119. The van der Waals surface area contributed by atoms with Crippen LogP contribution in [0.3, 0.4) is 0 Å². The van der Waals surface area contributed by atoms with Crippen LogP contribution < -0.4 is 83.5 Å². The van der Waals surface area contributed by atoms with Crippen molar-refractivity contribution < 1.29 is 97.1 Å². The van der Waals surface area contributed by atoms with Gasteiger partial charge in [-0.05, 0) is 41.0 Å². The summed E-state index contributed by atoms with van der Waals surface area (Å²) >= 11 is 0. The van der Waals surface area contributed by atoms with Gasteiger partial charge in [0, 0.05) is 26.1 Å². The molecule has 0 radical (unpaired) electrons. The number of amides is 4. The first-order valence-corrected chi connectivity index (χ1v) is 16.0.